The monoisotopic (exact) mass is 619 g/mol. The first kappa shape index (κ1) is 32.5. The number of carbonyl (C=O) groups is 3. The van der Waals surface area contributed by atoms with Crippen LogP contribution in [0.25, 0.3) is 0 Å². The number of hydrogen-bond donors (Lipinski definition) is 6. The maximum atomic E-state index is 14.0. The van der Waals surface area contributed by atoms with Crippen LogP contribution in [0.15, 0.2) is 41.4 Å². The Bertz CT molecular complexity index is 1370. The highest BCUT2D eigenvalue weighted by atomic mass is 32.2. The quantitative estimate of drug-likeness (QED) is 0.139. The molecule has 2 aliphatic heterocycles. The maximum Gasteiger partial charge on any atom is 0.313 e. The molecule has 232 valence electrons. The maximum absolute atomic E-state index is 14.0. The Balaban J connectivity index is 1.34. The Morgan fingerprint density at radius 2 is 1.95 bits per heavy atom. The number of ketones is 1. The van der Waals surface area contributed by atoms with Crippen molar-refractivity contribution >= 4 is 39.4 Å². The highest BCUT2D eigenvalue weighted by Gasteiger charge is 2.45. The third kappa shape index (κ3) is 7.37. The Morgan fingerprint density at radius 1 is 1.23 bits per heavy atom. The molecule has 11 nitrogen and oxygen atoms in total. The van der Waals surface area contributed by atoms with Crippen LogP contribution in [0.1, 0.15) is 37.7 Å². The van der Waals surface area contributed by atoms with E-state index in [0.29, 0.717) is 69.2 Å². The van der Waals surface area contributed by atoms with E-state index in [4.69, 9.17) is 15.6 Å². The summed E-state index contributed by atoms with van der Waals surface area (Å²) in [7, 11) is 3.29. The summed E-state index contributed by atoms with van der Waals surface area (Å²) in [5.74, 6) is -3.79. The van der Waals surface area contributed by atoms with Crippen LogP contribution >= 0.6 is 11.8 Å². The molecule has 2 heterocycles. The Kier molecular flexibility index (Phi) is 10.5. The number of quaternary nitrogens is 1. The topological polar surface area (TPSA) is 172 Å². The fraction of sp³-hybridized carbons (Fsp3) is 0.483. The highest BCUT2D eigenvalue weighted by molar-refractivity contribution is 8.26. The Labute approximate surface area is 252 Å². The number of Topliss-reactive ketones (excluding diaryl/α,β-unsaturated/α-hetero) is 1. The second-order valence-corrected chi connectivity index (χ2v) is 12.1. The third-order valence-electron chi connectivity index (χ3n) is 8.38. The summed E-state index contributed by atoms with van der Waals surface area (Å²) in [6.07, 6.45) is 4.02. The molecule has 4 rings (SSSR count). The minimum atomic E-state index is -0.941. The fourth-order valence-corrected chi connectivity index (χ4v) is 6.34. The van der Waals surface area contributed by atoms with Crippen LogP contribution in [-0.4, -0.2) is 77.2 Å². The van der Waals surface area contributed by atoms with E-state index in [1.165, 1.54) is 22.5 Å². The van der Waals surface area contributed by atoms with Gasteiger partial charge in [-0.25, -0.2) is 8.78 Å². The van der Waals surface area contributed by atoms with Gasteiger partial charge in [-0.15, -0.1) is 0 Å². The number of likely N-dealkylation sites (N-methyl/N-ethyl adjacent to an activating group) is 1. The highest BCUT2D eigenvalue weighted by Crippen LogP contribution is 2.35. The lowest BCUT2D eigenvalue weighted by molar-refractivity contribution is -0.532. The molecule has 0 spiro atoms. The zero-order valence-corrected chi connectivity index (χ0v) is 24.9. The van der Waals surface area contributed by atoms with Gasteiger partial charge in [0, 0.05) is 44.5 Å². The molecular weight excluding hydrogens is 582 g/mol. The largest absolute Gasteiger partial charge is 0.500 e. The van der Waals surface area contributed by atoms with E-state index in [1.807, 2.05) is 0 Å². The lowest BCUT2D eigenvalue weighted by atomic mass is 9.80. The average Bonchev–Trinajstić information content (AvgIpc) is 3.52. The van der Waals surface area contributed by atoms with Gasteiger partial charge in [-0.1, -0.05) is 17.8 Å². The number of nitrogens with zero attached hydrogens (tertiary/aromatic N) is 1. The molecule has 7 N–H and O–H groups in total. The van der Waals surface area contributed by atoms with Gasteiger partial charge < -0.3 is 20.1 Å². The molecule has 1 unspecified atom stereocenters. The number of carbonyl (C=O) groups excluding carboxylic acids is 3. The smallest absolute Gasteiger partial charge is 0.313 e. The first-order valence-electron chi connectivity index (χ1n) is 14.1. The number of aliphatic hydroxyl groups is 1. The predicted molar refractivity (Wildman–Crippen MR) is 156 cm³/mol. The van der Waals surface area contributed by atoms with Crippen LogP contribution in [0, 0.1) is 34.3 Å². The molecule has 1 saturated carbocycles. The van der Waals surface area contributed by atoms with E-state index in [1.54, 1.807) is 14.1 Å². The molecule has 2 fully saturated rings. The predicted octanol–water partition coefficient (Wildman–Crippen LogP) is 1.71. The van der Waals surface area contributed by atoms with Crippen molar-refractivity contribution in [3.8, 4) is 0 Å². The zero-order chi connectivity index (χ0) is 31.3. The number of benzene rings is 1. The van der Waals surface area contributed by atoms with E-state index in [0.717, 1.165) is 12.5 Å². The number of halogens is 2. The van der Waals surface area contributed by atoms with Crippen molar-refractivity contribution in [3.63, 3.8) is 0 Å². The number of thioether (sulfide) groups is 1. The number of aliphatic hydroxyl groups excluding tert-OH is 1. The lowest BCUT2D eigenvalue weighted by Gasteiger charge is -2.45. The van der Waals surface area contributed by atoms with Gasteiger partial charge in [0.2, 0.25) is 23.1 Å². The molecule has 1 aromatic rings. The normalized spacial score (nSPS) is 24.0. The van der Waals surface area contributed by atoms with Crippen LogP contribution in [0.3, 0.4) is 0 Å². The van der Waals surface area contributed by atoms with E-state index in [9.17, 15) is 28.3 Å². The minimum Gasteiger partial charge on any atom is -0.500 e. The minimum absolute atomic E-state index is 0.00832. The average molecular weight is 620 g/mol. The molecule has 0 aromatic heterocycles. The summed E-state index contributed by atoms with van der Waals surface area (Å²) < 4.78 is 32.5. The number of ether oxygens (including phenoxy) is 1. The molecule has 0 radical (unpaired) electrons. The van der Waals surface area contributed by atoms with Crippen LogP contribution in [0.5, 0.6) is 0 Å². The van der Waals surface area contributed by atoms with Crippen LogP contribution in [0.4, 0.5) is 8.78 Å². The van der Waals surface area contributed by atoms with E-state index in [2.05, 4.69) is 10.6 Å². The molecule has 14 heteroatoms. The van der Waals surface area contributed by atoms with Crippen LogP contribution in [0.2, 0.25) is 0 Å². The Morgan fingerprint density at radius 3 is 2.58 bits per heavy atom. The molecule has 3 aliphatic rings. The molecule has 43 heavy (non-hydrogen) atoms. The summed E-state index contributed by atoms with van der Waals surface area (Å²) in [5, 5.41) is 34.1. The van der Waals surface area contributed by atoms with Crippen LogP contribution in [-0.2, 0) is 25.5 Å². The molecular formula is C29H37F2N6O5S+. The number of nitrogens with one attached hydrogen (secondary N) is 4. The van der Waals surface area contributed by atoms with Gasteiger partial charge in [-0.05, 0) is 50.8 Å². The SMILES string of the molecule is CNC1(N(C)C(=O)C2=C(O)C(=O)C(C(=N)SC(=N)Cc3ccc(F)cc3F)=C[NH2+]2)CCC(C(=O)NCC2CCOC2)CC1. The lowest BCUT2D eigenvalue weighted by Crippen LogP contribution is -2.81. The van der Waals surface area contributed by atoms with Crippen molar-refractivity contribution in [1.29, 1.82) is 10.8 Å². The fourth-order valence-electron chi connectivity index (χ4n) is 5.59. The number of nitrogens with two attached hydrogens (primary N) is 1. The molecule has 1 atom stereocenters. The molecule has 0 bridgehead atoms. The van der Waals surface area contributed by atoms with Gasteiger partial charge in [-0.2, -0.15) is 0 Å². The van der Waals surface area contributed by atoms with Crippen molar-refractivity contribution in [3.05, 3.63) is 58.6 Å². The standard InChI is InChI=1S/C29H36F2N6O5S/c1-34-29(8-5-17(6-9-29)27(40)36-13-16-7-10-42-15-16)37(2)28(41)23-25(39)24(38)20(14-35-23)26(33)43-22(32)11-18-3-4-19(30)12-21(18)31/h3-4,12,14,16-17,32-34,39H,5-11,13,15H2,1-2H3,(H,35,38)(H,36,40)/p+1. The second kappa shape index (κ2) is 13.9. The van der Waals surface area contributed by atoms with Gasteiger partial charge in [0.15, 0.2) is 0 Å². The summed E-state index contributed by atoms with van der Waals surface area (Å²) in [4.78, 5) is 40.7. The summed E-state index contributed by atoms with van der Waals surface area (Å²) in [6, 6.07) is 2.97. The van der Waals surface area contributed by atoms with E-state index < -0.39 is 34.7 Å². The van der Waals surface area contributed by atoms with Gasteiger partial charge in [0.1, 0.15) is 28.5 Å². The van der Waals surface area contributed by atoms with Gasteiger partial charge in [0.25, 0.3) is 0 Å². The zero-order valence-electron chi connectivity index (χ0n) is 24.1. The van der Waals surface area contributed by atoms with Crippen molar-refractivity contribution in [2.45, 2.75) is 44.2 Å². The van der Waals surface area contributed by atoms with Gasteiger partial charge in [-0.3, -0.25) is 35.8 Å². The first-order valence-corrected chi connectivity index (χ1v) is 14.9. The van der Waals surface area contributed by atoms with Crippen molar-refractivity contribution in [2.75, 3.05) is 33.9 Å². The molecule has 2 amide bonds. The number of hydrogen-bond acceptors (Lipinski definition) is 9. The number of rotatable bonds is 9. The molecule has 1 aromatic carbocycles. The van der Waals surface area contributed by atoms with Gasteiger partial charge >= 0.3 is 5.91 Å². The summed E-state index contributed by atoms with van der Waals surface area (Å²) in [6.45, 7) is 1.96. The van der Waals surface area contributed by atoms with Gasteiger partial charge in [0.05, 0.1) is 17.3 Å². The third-order valence-corrected chi connectivity index (χ3v) is 9.20. The first-order chi connectivity index (χ1) is 20.5. The van der Waals surface area contributed by atoms with Crippen LogP contribution < -0.4 is 16.0 Å². The van der Waals surface area contributed by atoms with E-state index in [-0.39, 0.29) is 45.2 Å². The number of allylic oxidation sites excluding steroid dienone is 1. The van der Waals surface area contributed by atoms with Crippen molar-refractivity contribution < 1.29 is 38.3 Å². The van der Waals surface area contributed by atoms with Crippen molar-refractivity contribution in [1.82, 2.24) is 15.5 Å². The Hall–Kier alpha value is -3.46. The molecule has 1 aliphatic carbocycles. The number of amides is 2. The summed E-state index contributed by atoms with van der Waals surface area (Å²) >= 11 is 0.593. The second-order valence-electron chi connectivity index (χ2n) is 11.0. The van der Waals surface area contributed by atoms with E-state index >= 15 is 0 Å². The van der Waals surface area contributed by atoms with Crippen molar-refractivity contribution in [2.24, 2.45) is 11.8 Å². The summed E-state index contributed by atoms with van der Waals surface area (Å²) in [5.41, 5.74) is -1.18. The molecule has 1 saturated heterocycles.